The molecule has 0 amide bonds. The molecule has 2 heteroatoms. The number of halogens is 1. The van der Waals surface area contributed by atoms with E-state index in [0.717, 1.165) is 19.0 Å². The van der Waals surface area contributed by atoms with Gasteiger partial charge in [0.25, 0.3) is 0 Å². The van der Waals surface area contributed by atoms with E-state index in [1.807, 2.05) is 0 Å². The Balaban J connectivity index is 2.16. The summed E-state index contributed by atoms with van der Waals surface area (Å²) in [6, 6.07) is 6.68. The van der Waals surface area contributed by atoms with Gasteiger partial charge in [0, 0.05) is 11.0 Å². The number of hydrogen-bond donors (Lipinski definition) is 1. The highest BCUT2D eigenvalue weighted by Gasteiger charge is 2.21. The summed E-state index contributed by atoms with van der Waals surface area (Å²) in [5, 5.41) is 3.44. The molecular formula is C12H16BrN. The third-order valence-corrected chi connectivity index (χ3v) is 3.44. The van der Waals surface area contributed by atoms with Crippen LogP contribution in [0.4, 0.5) is 0 Å². The fourth-order valence-corrected chi connectivity index (χ4v) is 2.57. The smallest absolute Gasteiger partial charge is 0.0178 e. The quantitative estimate of drug-likeness (QED) is 0.874. The summed E-state index contributed by atoms with van der Waals surface area (Å²) in [5.74, 6) is 0.724. The second-order valence-corrected chi connectivity index (χ2v) is 4.80. The first-order chi connectivity index (χ1) is 6.81. The summed E-state index contributed by atoms with van der Waals surface area (Å²) in [6.45, 7) is 4.36. The van der Waals surface area contributed by atoms with Crippen LogP contribution in [-0.4, -0.2) is 13.1 Å². The lowest BCUT2D eigenvalue weighted by Gasteiger charge is -2.11. The van der Waals surface area contributed by atoms with E-state index in [4.69, 9.17) is 0 Å². The van der Waals surface area contributed by atoms with E-state index in [0.29, 0.717) is 0 Å². The van der Waals surface area contributed by atoms with Crippen molar-refractivity contribution in [2.45, 2.75) is 25.7 Å². The molecule has 0 radical (unpaired) electrons. The van der Waals surface area contributed by atoms with Crippen molar-refractivity contribution in [3.63, 3.8) is 0 Å². The maximum atomic E-state index is 3.54. The van der Waals surface area contributed by atoms with Gasteiger partial charge in [-0.3, -0.25) is 0 Å². The SMILES string of the molecule is CCNCC1CCc2ccc(Br)cc21. The molecule has 2 rings (SSSR count). The van der Waals surface area contributed by atoms with Crippen LogP contribution in [0.25, 0.3) is 0 Å². The minimum atomic E-state index is 0.724. The van der Waals surface area contributed by atoms with Crippen molar-refractivity contribution in [3.05, 3.63) is 33.8 Å². The molecule has 14 heavy (non-hydrogen) atoms. The predicted octanol–water partition coefficient (Wildman–Crippen LogP) is 3.09. The molecule has 1 atom stereocenters. The molecule has 1 aromatic rings. The van der Waals surface area contributed by atoms with E-state index in [1.165, 1.54) is 22.9 Å². The number of fused-ring (bicyclic) bond motifs is 1. The van der Waals surface area contributed by atoms with Crippen molar-refractivity contribution in [2.24, 2.45) is 0 Å². The summed E-state index contributed by atoms with van der Waals surface area (Å²) in [5.41, 5.74) is 3.08. The monoisotopic (exact) mass is 253 g/mol. The van der Waals surface area contributed by atoms with Gasteiger partial charge in [0.2, 0.25) is 0 Å². The molecule has 0 saturated carbocycles. The zero-order valence-corrected chi connectivity index (χ0v) is 10.1. The fraction of sp³-hybridized carbons (Fsp3) is 0.500. The van der Waals surface area contributed by atoms with Crippen LogP contribution in [-0.2, 0) is 6.42 Å². The van der Waals surface area contributed by atoms with Crippen molar-refractivity contribution in [1.82, 2.24) is 5.32 Å². The third kappa shape index (κ3) is 2.01. The number of aryl methyl sites for hydroxylation is 1. The van der Waals surface area contributed by atoms with Crippen LogP contribution in [0.2, 0.25) is 0 Å². The van der Waals surface area contributed by atoms with E-state index >= 15 is 0 Å². The van der Waals surface area contributed by atoms with E-state index < -0.39 is 0 Å². The van der Waals surface area contributed by atoms with Crippen molar-refractivity contribution in [3.8, 4) is 0 Å². The Labute approximate surface area is 94.0 Å². The topological polar surface area (TPSA) is 12.0 Å². The number of rotatable bonds is 3. The molecule has 1 N–H and O–H groups in total. The van der Waals surface area contributed by atoms with Crippen molar-refractivity contribution < 1.29 is 0 Å². The van der Waals surface area contributed by atoms with Gasteiger partial charge < -0.3 is 5.32 Å². The molecule has 1 nitrogen and oxygen atoms in total. The zero-order chi connectivity index (χ0) is 9.97. The molecule has 76 valence electrons. The minimum absolute atomic E-state index is 0.724. The molecule has 0 spiro atoms. The summed E-state index contributed by atoms with van der Waals surface area (Å²) in [7, 11) is 0. The Morgan fingerprint density at radius 3 is 3.14 bits per heavy atom. The molecule has 0 aliphatic heterocycles. The van der Waals surface area contributed by atoms with Crippen LogP contribution in [0, 0.1) is 0 Å². The second-order valence-electron chi connectivity index (χ2n) is 3.89. The summed E-state index contributed by atoms with van der Waals surface area (Å²) in [4.78, 5) is 0. The Morgan fingerprint density at radius 1 is 1.50 bits per heavy atom. The van der Waals surface area contributed by atoms with E-state index in [9.17, 15) is 0 Å². The standard InChI is InChI=1S/C12H16BrN/c1-2-14-8-10-4-3-9-5-6-11(13)7-12(9)10/h5-7,10,14H,2-4,8H2,1H3. The van der Waals surface area contributed by atoms with E-state index in [1.54, 1.807) is 5.56 Å². The number of benzene rings is 1. The van der Waals surface area contributed by atoms with Crippen LogP contribution in [0.5, 0.6) is 0 Å². The lowest BCUT2D eigenvalue weighted by atomic mass is 10.0. The third-order valence-electron chi connectivity index (χ3n) is 2.95. The first-order valence-electron chi connectivity index (χ1n) is 5.30. The van der Waals surface area contributed by atoms with Crippen molar-refractivity contribution in [2.75, 3.05) is 13.1 Å². The molecule has 1 aliphatic rings. The maximum absolute atomic E-state index is 3.54. The molecule has 1 unspecified atom stereocenters. The molecule has 1 aliphatic carbocycles. The molecule has 0 aromatic heterocycles. The first-order valence-corrected chi connectivity index (χ1v) is 6.09. The molecular weight excluding hydrogens is 238 g/mol. The second kappa shape index (κ2) is 4.45. The van der Waals surface area contributed by atoms with Gasteiger partial charge in [0.1, 0.15) is 0 Å². The average Bonchev–Trinajstić information content (AvgIpc) is 2.57. The van der Waals surface area contributed by atoms with Gasteiger partial charge in [-0.25, -0.2) is 0 Å². The van der Waals surface area contributed by atoms with Crippen LogP contribution < -0.4 is 5.32 Å². The van der Waals surface area contributed by atoms with Gasteiger partial charge in [-0.15, -0.1) is 0 Å². The highest BCUT2D eigenvalue weighted by molar-refractivity contribution is 9.10. The largest absolute Gasteiger partial charge is 0.316 e. The molecule has 0 fully saturated rings. The number of hydrogen-bond acceptors (Lipinski definition) is 1. The lowest BCUT2D eigenvalue weighted by Crippen LogP contribution is -2.19. The molecule has 0 heterocycles. The summed E-state index contributed by atoms with van der Waals surface area (Å²) >= 11 is 3.54. The lowest BCUT2D eigenvalue weighted by molar-refractivity contribution is 0.593. The number of nitrogens with one attached hydrogen (secondary N) is 1. The highest BCUT2D eigenvalue weighted by atomic mass is 79.9. The summed E-state index contributed by atoms with van der Waals surface area (Å²) in [6.07, 6.45) is 2.55. The average molecular weight is 254 g/mol. The van der Waals surface area contributed by atoms with Crippen LogP contribution >= 0.6 is 15.9 Å². The maximum Gasteiger partial charge on any atom is 0.0178 e. The fourth-order valence-electron chi connectivity index (χ4n) is 2.19. The van der Waals surface area contributed by atoms with Gasteiger partial charge in [0.05, 0.1) is 0 Å². The normalized spacial score (nSPS) is 19.7. The Bertz CT molecular complexity index is 322. The number of likely N-dealkylation sites (N-methyl/N-ethyl adjacent to an activating group) is 1. The van der Waals surface area contributed by atoms with Gasteiger partial charge in [-0.05, 0) is 48.6 Å². The Kier molecular flexibility index (Phi) is 3.24. The Hall–Kier alpha value is -0.340. The van der Waals surface area contributed by atoms with Crippen molar-refractivity contribution in [1.29, 1.82) is 0 Å². The van der Waals surface area contributed by atoms with Crippen molar-refractivity contribution >= 4 is 15.9 Å². The van der Waals surface area contributed by atoms with Gasteiger partial charge in [-0.1, -0.05) is 28.9 Å². The van der Waals surface area contributed by atoms with Crippen LogP contribution in [0.1, 0.15) is 30.4 Å². The van der Waals surface area contributed by atoms with Gasteiger partial charge in [0.15, 0.2) is 0 Å². The molecule has 0 saturated heterocycles. The van der Waals surface area contributed by atoms with Crippen LogP contribution in [0.15, 0.2) is 22.7 Å². The van der Waals surface area contributed by atoms with E-state index in [2.05, 4.69) is 46.4 Å². The molecule has 0 bridgehead atoms. The van der Waals surface area contributed by atoms with E-state index in [-0.39, 0.29) is 0 Å². The molecule has 1 aromatic carbocycles. The zero-order valence-electron chi connectivity index (χ0n) is 8.52. The van der Waals surface area contributed by atoms with Gasteiger partial charge >= 0.3 is 0 Å². The van der Waals surface area contributed by atoms with Crippen LogP contribution in [0.3, 0.4) is 0 Å². The predicted molar refractivity (Wildman–Crippen MR) is 63.7 cm³/mol. The summed E-state index contributed by atoms with van der Waals surface area (Å²) < 4.78 is 1.21. The highest BCUT2D eigenvalue weighted by Crippen LogP contribution is 2.34. The Morgan fingerprint density at radius 2 is 2.36 bits per heavy atom. The first kappa shape index (κ1) is 10.2. The van der Waals surface area contributed by atoms with Gasteiger partial charge in [-0.2, -0.15) is 0 Å². The minimum Gasteiger partial charge on any atom is -0.316 e.